The fourth-order valence-corrected chi connectivity index (χ4v) is 2.17. The summed E-state index contributed by atoms with van der Waals surface area (Å²) in [7, 11) is 1.52. The van der Waals surface area contributed by atoms with E-state index in [1.807, 2.05) is 20.8 Å². The minimum Gasteiger partial charge on any atom is -0.495 e. The third-order valence-electron chi connectivity index (χ3n) is 3.50. The first-order valence-corrected chi connectivity index (χ1v) is 8.15. The SMILES string of the molecule is COc1ccc(Cl)cc1NC(=O)c1ccc(NC(=O)C(C)(C)C)cc1. The molecule has 5 nitrogen and oxygen atoms in total. The molecule has 2 amide bonds. The third-order valence-corrected chi connectivity index (χ3v) is 3.73. The summed E-state index contributed by atoms with van der Waals surface area (Å²) in [6, 6.07) is 11.7. The van der Waals surface area contributed by atoms with E-state index in [-0.39, 0.29) is 11.8 Å². The summed E-state index contributed by atoms with van der Waals surface area (Å²) in [6.45, 7) is 5.51. The number of carbonyl (C=O) groups excluding carboxylic acids is 2. The Morgan fingerprint density at radius 3 is 2.20 bits per heavy atom. The van der Waals surface area contributed by atoms with Crippen LogP contribution in [0.4, 0.5) is 11.4 Å². The molecule has 0 aliphatic heterocycles. The Morgan fingerprint density at radius 1 is 1.00 bits per heavy atom. The number of halogens is 1. The van der Waals surface area contributed by atoms with Crippen molar-refractivity contribution >= 4 is 34.8 Å². The molecule has 0 spiro atoms. The van der Waals surface area contributed by atoms with Gasteiger partial charge in [0.15, 0.2) is 0 Å². The van der Waals surface area contributed by atoms with Crippen molar-refractivity contribution in [3.63, 3.8) is 0 Å². The van der Waals surface area contributed by atoms with Crippen LogP contribution in [0, 0.1) is 5.41 Å². The number of methoxy groups -OCH3 is 1. The predicted molar refractivity (Wildman–Crippen MR) is 100 cm³/mol. The van der Waals surface area contributed by atoms with E-state index in [9.17, 15) is 9.59 Å². The minimum atomic E-state index is -0.487. The lowest BCUT2D eigenvalue weighted by Gasteiger charge is -2.17. The molecule has 0 saturated heterocycles. The second kappa shape index (κ2) is 7.57. The maximum Gasteiger partial charge on any atom is 0.255 e. The topological polar surface area (TPSA) is 67.4 Å². The zero-order valence-corrected chi connectivity index (χ0v) is 15.4. The van der Waals surface area contributed by atoms with E-state index in [2.05, 4.69) is 10.6 Å². The summed E-state index contributed by atoms with van der Waals surface area (Å²) < 4.78 is 5.21. The van der Waals surface area contributed by atoms with Gasteiger partial charge in [0.25, 0.3) is 5.91 Å². The van der Waals surface area contributed by atoms with Crippen LogP contribution in [0.2, 0.25) is 5.02 Å². The van der Waals surface area contributed by atoms with Crippen LogP contribution >= 0.6 is 11.6 Å². The van der Waals surface area contributed by atoms with Crippen molar-refractivity contribution in [2.24, 2.45) is 5.41 Å². The lowest BCUT2D eigenvalue weighted by atomic mass is 9.95. The molecule has 6 heteroatoms. The Hall–Kier alpha value is -2.53. The highest BCUT2D eigenvalue weighted by atomic mass is 35.5. The molecule has 2 aromatic rings. The van der Waals surface area contributed by atoms with Crippen LogP contribution in [0.15, 0.2) is 42.5 Å². The Labute approximate surface area is 152 Å². The maximum absolute atomic E-state index is 12.4. The maximum atomic E-state index is 12.4. The molecule has 0 aromatic heterocycles. The van der Waals surface area contributed by atoms with Crippen molar-refractivity contribution in [1.29, 1.82) is 0 Å². The van der Waals surface area contributed by atoms with Gasteiger partial charge in [-0.15, -0.1) is 0 Å². The summed E-state index contributed by atoms with van der Waals surface area (Å²) in [4.78, 5) is 24.4. The zero-order chi connectivity index (χ0) is 18.6. The molecule has 2 rings (SSSR count). The number of nitrogens with one attached hydrogen (secondary N) is 2. The summed E-state index contributed by atoms with van der Waals surface area (Å²) in [5.74, 6) is 0.134. The first kappa shape index (κ1) is 18.8. The lowest BCUT2D eigenvalue weighted by molar-refractivity contribution is -0.123. The smallest absolute Gasteiger partial charge is 0.255 e. The normalized spacial score (nSPS) is 10.9. The van der Waals surface area contributed by atoms with Crippen molar-refractivity contribution in [1.82, 2.24) is 0 Å². The van der Waals surface area contributed by atoms with E-state index >= 15 is 0 Å². The zero-order valence-electron chi connectivity index (χ0n) is 14.6. The van der Waals surface area contributed by atoms with Crippen molar-refractivity contribution in [3.8, 4) is 5.75 Å². The van der Waals surface area contributed by atoms with Crippen LogP contribution in [0.3, 0.4) is 0 Å². The molecule has 0 aliphatic rings. The van der Waals surface area contributed by atoms with Gasteiger partial charge in [-0.05, 0) is 42.5 Å². The Bertz CT molecular complexity index is 780. The molecule has 0 aliphatic carbocycles. The van der Waals surface area contributed by atoms with E-state index in [4.69, 9.17) is 16.3 Å². The number of anilines is 2. The van der Waals surface area contributed by atoms with Crippen LogP contribution in [-0.4, -0.2) is 18.9 Å². The highest BCUT2D eigenvalue weighted by Crippen LogP contribution is 2.28. The van der Waals surface area contributed by atoms with Gasteiger partial charge >= 0.3 is 0 Å². The number of hydrogen-bond donors (Lipinski definition) is 2. The van der Waals surface area contributed by atoms with Crippen LogP contribution < -0.4 is 15.4 Å². The van der Waals surface area contributed by atoms with Crippen LogP contribution in [0.25, 0.3) is 0 Å². The molecular formula is C19H21ClN2O3. The monoisotopic (exact) mass is 360 g/mol. The van der Waals surface area contributed by atoms with E-state index in [0.29, 0.717) is 27.7 Å². The Kier molecular flexibility index (Phi) is 5.69. The number of amides is 2. The van der Waals surface area contributed by atoms with Gasteiger partial charge in [-0.1, -0.05) is 32.4 Å². The molecule has 0 atom stereocenters. The number of carbonyl (C=O) groups is 2. The van der Waals surface area contributed by atoms with Gasteiger partial charge in [0.1, 0.15) is 5.75 Å². The molecule has 25 heavy (non-hydrogen) atoms. The van der Waals surface area contributed by atoms with Gasteiger partial charge < -0.3 is 15.4 Å². The van der Waals surface area contributed by atoms with E-state index in [0.717, 1.165) is 0 Å². The molecule has 2 aromatic carbocycles. The van der Waals surface area contributed by atoms with Gasteiger partial charge in [0.05, 0.1) is 12.8 Å². The van der Waals surface area contributed by atoms with Gasteiger partial charge in [0.2, 0.25) is 5.91 Å². The first-order valence-electron chi connectivity index (χ1n) is 7.77. The number of benzene rings is 2. The molecule has 0 unspecified atom stereocenters. The average Bonchev–Trinajstić information content (AvgIpc) is 2.54. The summed E-state index contributed by atoms with van der Waals surface area (Å²) in [5, 5.41) is 6.08. The molecule has 0 heterocycles. The van der Waals surface area contributed by atoms with Crippen molar-refractivity contribution in [2.45, 2.75) is 20.8 Å². The fourth-order valence-electron chi connectivity index (χ4n) is 2.00. The van der Waals surface area contributed by atoms with Gasteiger partial charge in [-0.25, -0.2) is 0 Å². The minimum absolute atomic E-state index is 0.0895. The van der Waals surface area contributed by atoms with Crippen molar-refractivity contribution < 1.29 is 14.3 Å². The number of rotatable bonds is 4. The molecule has 0 radical (unpaired) electrons. The second-order valence-corrected chi connectivity index (χ2v) is 7.02. The predicted octanol–water partition coefficient (Wildman–Crippen LogP) is 4.59. The van der Waals surface area contributed by atoms with Crippen LogP contribution in [-0.2, 0) is 4.79 Å². The van der Waals surface area contributed by atoms with Gasteiger partial charge in [-0.2, -0.15) is 0 Å². The standard InChI is InChI=1S/C19H21ClN2O3/c1-19(2,3)18(24)21-14-8-5-12(6-9-14)17(23)22-15-11-13(20)7-10-16(15)25-4/h5-11H,1-4H3,(H,21,24)(H,22,23). The Morgan fingerprint density at radius 2 is 1.64 bits per heavy atom. The van der Waals surface area contributed by atoms with Crippen molar-refractivity contribution in [2.75, 3.05) is 17.7 Å². The molecule has 132 valence electrons. The summed E-state index contributed by atoms with van der Waals surface area (Å²) >= 11 is 5.96. The van der Waals surface area contributed by atoms with Crippen molar-refractivity contribution in [3.05, 3.63) is 53.1 Å². The summed E-state index contributed by atoms with van der Waals surface area (Å²) in [6.07, 6.45) is 0. The molecular weight excluding hydrogens is 340 g/mol. The second-order valence-electron chi connectivity index (χ2n) is 6.58. The molecule has 0 fully saturated rings. The first-order chi connectivity index (χ1) is 11.7. The third kappa shape index (κ3) is 4.97. The van der Waals surface area contributed by atoms with E-state index in [1.165, 1.54) is 7.11 Å². The lowest BCUT2D eigenvalue weighted by Crippen LogP contribution is -2.27. The molecule has 0 saturated carbocycles. The van der Waals surface area contributed by atoms with E-state index < -0.39 is 5.41 Å². The highest BCUT2D eigenvalue weighted by molar-refractivity contribution is 6.31. The van der Waals surface area contributed by atoms with E-state index in [1.54, 1.807) is 42.5 Å². The largest absolute Gasteiger partial charge is 0.495 e. The van der Waals surface area contributed by atoms with Crippen LogP contribution in [0.5, 0.6) is 5.75 Å². The number of ether oxygens (including phenoxy) is 1. The van der Waals surface area contributed by atoms with Gasteiger partial charge in [-0.3, -0.25) is 9.59 Å². The van der Waals surface area contributed by atoms with Gasteiger partial charge in [0, 0.05) is 21.7 Å². The quantitative estimate of drug-likeness (QED) is 0.838. The highest BCUT2D eigenvalue weighted by Gasteiger charge is 2.21. The Balaban J connectivity index is 2.11. The summed E-state index contributed by atoms with van der Waals surface area (Å²) in [5.41, 5.74) is 1.09. The van der Waals surface area contributed by atoms with Crippen LogP contribution in [0.1, 0.15) is 31.1 Å². The molecule has 2 N–H and O–H groups in total. The molecule has 0 bridgehead atoms. The fraction of sp³-hybridized carbons (Fsp3) is 0.263. The average molecular weight is 361 g/mol. The number of hydrogen-bond acceptors (Lipinski definition) is 3.